The zero-order chi connectivity index (χ0) is 14.9. The highest BCUT2D eigenvalue weighted by atomic mass is 79.9. The van der Waals surface area contributed by atoms with Crippen LogP contribution in [-0.2, 0) is 10.0 Å². The molecule has 7 heteroatoms. The second-order valence-corrected chi connectivity index (χ2v) is 7.43. The lowest BCUT2D eigenvalue weighted by Crippen LogP contribution is -2.35. The number of rotatable bonds is 3. The molecule has 0 heterocycles. The number of hydrogen-bond donors (Lipinski definition) is 1. The SMILES string of the molecule is CN(C(=O)c1ccc(Br)c(S(N)(=O)=O)c1)C1CCCC1. The van der Waals surface area contributed by atoms with Gasteiger partial charge < -0.3 is 4.90 Å². The summed E-state index contributed by atoms with van der Waals surface area (Å²) < 4.78 is 23.3. The van der Waals surface area contributed by atoms with Crippen molar-refractivity contribution < 1.29 is 13.2 Å². The van der Waals surface area contributed by atoms with E-state index in [1.54, 1.807) is 18.0 Å². The molecule has 1 saturated carbocycles. The molecule has 1 aliphatic carbocycles. The fourth-order valence-corrected chi connectivity index (χ4v) is 4.07. The van der Waals surface area contributed by atoms with Crippen molar-refractivity contribution in [2.45, 2.75) is 36.6 Å². The number of carbonyl (C=O) groups is 1. The van der Waals surface area contributed by atoms with E-state index in [9.17, 15) is 13.2 Å². The summed E-state index contributed by atoms with van der Waals surface area (Å²) in [6.07, 6.45) is 4.26. The quantitative estimate of drug-likeness (QED) is 0.895. The van der Waals surface area contributed by atoms with Crippen molar-refractivity contribution in [1.29, 1.82) is 0 Å². The summed E-state index contributed by atoms with van der Waals surface area (Å²) in [7, 11) is -2.09. The molecular weight excluding hydrogens is 344 g/mol. The van der Waals surface area contributed by atoms with Crippen LogP contribution in [0.15, 0.2) is 27.6 Å². The molecule has 1 aliphatic rings. The molecule has 0 atom stereocenters. The van der Waals surface area contributed by atoms with Crippen molar-refractivity contribution in [2.75, 3.05) is 7.05 Å². The maximum absolute atomic E-state index is 12.4. The number of carbonyl (C=O) groups excluding carboxylic acids is 1. The minimum absolute atomic E-state index is 0.0665. The van der Waals surface area contributed by atoms with Crippen LogP contribution in [0, 0.1) is 0 Å². The number of nitrogens with two attached hydrogens (primary N) is 1. The number of sulfonamides is 1. The Balaban J connectivity index is 2.31. The minimum Gasteiger partial charge on any atom is -0.339 e. The Hall–Kier alpha value is -0.920. The predicted octanol–water partition coefficient (Wildman–Crippen LogP) is 2.11. The third-order valence-corrected chi connectivity index (χ3v) is 5.58. The average molecular weight is 361 g/mol. The normalized spacial score (nSPS) is 16.4. The van der Waals surface area contributed by atoms with Gasteiger partial charge in [0.25, 0.3) is 5.91 Å². The largest absolute Gasteiger partial charge is 0.339 e. The molecule has 1 aromatic rings. The van der Waals surface area contributed by atoms with Crippen LogP contribution in [0.3, 0.4) is 0 Å². The maximum Gasteiger partial charge on any atom is 0.253 e. The van der Waals surface area contributed by atoms with Gasteiger partial charge in [0.05, 0.1) is 4.90 Å². The first-order valence-electron chi connectivity index (χ1n) is 6.40. The fourth-order valence-electron chi connectivity index (χ4n) is 2.52. The highest BCUT2D eigenvalue weighted by Crippen LogP contribution is 2.26. The molecular formula is C13H17BrN2O3S. The third-order valence-electron chi connectivity index (χ3n) is 3.68. The summed E-state index contributed by atoms with van der Waals surface area (Å²) in [6.45, 7) is 0. The molecule has 0 aliphatic heterocycles. The Kier molecular flexibility index (Phi) is 4.51. The van der Waals surface area contributed by atoms with Crippen LogP contribution in [0.25, 0.3) is 0 Å². The standard InChI is InChI=1S/C13H17BrN2O3S/c1-16(10-4-2-3-5-10)13(17)9-6-7-11(14)12(8-9)20(15,18)19/h6-8,10H,2-5H2,1H3,(H2,15,18,19). The van der Waals surface area contributed by atoms with E-state index in [0.717, 1.165) is 25.7 Å². The van der Waals surface area contributed by atoms with Crippen molar-refractivity contribution in [3.8, 4) is 0 Å². The number of amides is 1. The number of primary sulfonamides is 1. The molecule has 0 spiro atoms. The van der Waals surface area contributed by atoms with Gasteiger partial charge in [-0.1, -0.05) is 12.8 Å². The molecule has 0 aromatic heterocycles. The Labute approximate surface area is 127 Å². The smallest absolute Gasteiger partial charge is 0.253 e. The third kappa shape index (κ3) is 3.21. The first kappa shape index (κ1) is 15.5. The van der Waals surface area contributed by atoms with Crippen LogP contribution in [0.2, 0.25) is 0 Å². The van der Waals surface area contributed by atoms with Gasteiger partial charge in [-0.3, -0.25) is 4.79 Å². The lowest BCUT2D eigenvalue weighted by molar-refractivity contribution is 0.0735. The first-order chi connectivity index (χ1) is 9.30. The van der Waals surface area contributed by atoms with Gasteiger partial charge in [-0.2, -0.15) is 0 Å². The number of halogens is 1. The van der Waals surface area contributed by atoms with Gasteiger partial charge in [0.15, 0.2) is 0 Å². The lowest BCUT2D eigenvalue weighted by Gasteiger charge is -2.24. The highest BCUT2D eigenvalue weighted by Gasteiger charge is 2.25. The van der Waals surface area contributed by atoms with Crippen LogP contribution in [-0.4, -0.2) is 32.3 Å². The van der Waals surface area contributed by atoms with Gasteiger partial charge in [-0.25, -0.2) is 13.6 Å². The van der Waals surface area contributed by atoms with Gasteiger partial charge in [0.1, 0.15) is 0 Å². The second-order valence-electron chi connectivity index (χ2n) is 5.04. The van der Waals surface area contributed by atoms with Crippen molar-refractivity contribution in [2.24, 2.45) is 5.14 Å². The average Bonchev–Trinajstić information content (AvgIpc) is 2.90. The van der Waals surface area contributed by atoms with E-state index in [4.69, 9.17) is 5.14 Å². The van der Waals surface area contributed by atoms with Gasteiger partial charge in [0.2, 0.25) is 10.0 Å². The van der Waals surface area contributed by atoms with Crippen molar-refractivity contribution in [3.63, 3.8) is 0 Å². The van der Waals surface area contributed by atoms with Crippen molar-refractivity contribution in [3.05, 3.63) is 28.2 Å². The molecule has 0 bridgehead atoms. The van der Waals surface area contributed by atoms with E-state index >= 15 is 0 Å². The Bertz CT molecular complexity index is 625. The fraction of sp³-hybridized carbons (Fsp3) is 0.462. The maximum atomic E-state index is 12.4. The molecule has 110 valence electrons. The summed E-state index contributed by atoms with van der Waals surface area (Å²) >= 11 is 3.13. The molecule has 5 nitrogen and oxygen atoms in total. The van der Waals surface area contributed by atoms with E-state index in [2.05, 4.69) is 15.9 Å². The monoisotopic (exact) mass is 360 g/mol. The number of nitrogens with zero attached hydrogens (tertiary/aromatic N) is 1. The van der Waals surface area contributed by atoms with E-state index in [-0.39, 0.29) is 16.8 Å². The van der Waals surface area contributed by atoms with Gasteiger partial charge in [-0.05, 0) is 47.0 Å². The van der Waals surface area contributed by atoms with Gasteiger partial charge >= 0.3 is 0 Å². The molecule has 0 unspecified atom stereocenters. The Morgan fingerprint density at radius 3 is 2.50 bits per heavy atom. The molecule has 20 heavy (non-hydrogen) atoms. The highest BCUT2D eigenvalue weighted by molar-refractivity contribution is 9.10. The van der Waals surface area contributed by atoms with Crippen LogP contribution >= 0.6 is 15.9 Å². The van der Waals surface area contributed by atoms with Crippen molar-refractivity contribution >= 4 is 31.9 Å². The van der Waals surface area contributed by atoms with E-state index in [1.165, 1.54) is 12.1 Å². The molecule has 2 N–H and O–H groups in total. The summed E-state index contributed by atoms with van der Waals surface area (Å²) in [6, 6.07) is 4.71. The molecule has 0 radical (unpaired) electrons. The lowest BCUT2D eigenvalue weighted by atomic mass is 10.1. The Morgan fingerprint density at radius 2 is 1.95 bits per heavy atom. The van der Waals surface area contributed by atoms with E-state index in [1.807, 2.05) is 0 Å². The molecule has 2 rings (SSSR count). The molecule has 0 saturated heterocycles. The van der Waals surface area contributed by atoms with Crippen LogP contribution < -0.4 is 5.14 Å². The summed E-state index contributed by atoms with van der Waals surface area (Å²) in [4.78, 5) is 14.0. The summed E-state index contributed by atoms with van der Waals surface area (Å²) in [5, 5.41) is 5.14. The minimum atomic E-state index is -3.85. The molecule has 1 aromatic carbocycles. The topological polar surface area (TPSA) is 80.5 Å². The van der Waals surface area contributed by atoms with E-state index in [0.29, 0.717) is 10.0 Å². The predicted molar refractivity (Wildman–Crippen MR) is 79.9 cm³/mol. The summed E-state index contributed by atoms with van der Waals surface area (Å²) in [5.41, 5.74) is 0.339. The van der Waals surface area contributed by atoms with Crippen LogP contribution in [0.1, 0.15) is 36.0 Å². The first-order valence-corrected chi connectivity index (χ1v) is 8.74. The summed E-state index contributed by atoms with van der Waals surface area (Å²) in [5.74, 6) is -0.172. The molecule has 1 amide bonds. The van der Waals surface area contributed by atoms with Crippen molar-refractivity contribution in [1.82, 2.24) is 4.90 Å². The molecule has 1 fully saturated rings. The van der Waals surface area contributed by atoms with Gasteiger partial charge in [-0.15, -0.1) is 0 Å². The second kappa shape index (κ2) is 5.83. The van der Waals surface area contributed by atoms with Crippen LogP contribution in [0.5, 0.6) is 0 Å². The van der Waals surface area contributed by atoms with E-state index < -0.39 is 10.0 Å². The zero-order valence-corrected chi connectivity index (χ0v) is 13.6. The zero-order valence-electron chi connectivity index (χ0n) is 11.2. The number of benzene rings is 1. The Morgan fingerprint density at radius 1 is 1.35 bits per heavy atom. The number of hydrogen-bond acceptors (Lipinski definition) is 3. The van der Waals surface area contributed by atoms with Crippen LogP contribution in [0.4, 0.5) is 0 Å². The van der Waals surface area contributed by atoms with Gasteiger partial charge in [0, 0.05) is 23.1 Å².